The van der Waals surface area contributed by atoms with Crippen molar-refractivity contribution in [3.8, 4) is 11.1 Å². The summed E-state index contributed by atoms with van der Waals surface area (Å²) >= 11 is 0. The van der Waals surface area contributed by atoms with E-state index in [4.69, 9.17) is 4.98 Å². The normalized spacial score (nSPS) is 13.1. The molecule has 0 bridgehead atoms. The standard InChI is InChI=1S/C33H25NO2/c35-32(23-12-6-2-7-13-23)25-16-18-29-27(20-25)31(22-10-4-1-5-11-22)28-21-26(17-19-30(28)34-29)33(36)24-14-8-3-9-15-24/h1-21,32-33,35-36H. The molecule has 0 spiro atoms. The topological polar surface area (TPSA) is 53.4 Å². The van der Waals surface area contributed by atoms with Crippen LogP contribution < -0.4 is 0 Å². The number of pyridine rings is 1. The van der Waals surface area contributed by atoms with E-state index in [1.807, 2.05) is 115 Å². The first-order valence-corrected chi connectivity index (χ1v) is 12.1. The maximum Gasteiger partial charge on any atom is 0.104 e. The summed E-state index contributed by atoms with van der Waals surface area (Å²) < 4.78 is 0. The van der Waals surface area contributed by atoms with E-state index in [9.17, 15) is 10.2 Å². The molecule has 0 aliphatic rings. The molecule has 2 N–H and O–H groups in total. The van der Waals surface area contributed by atoms with Crippen molar-refractivity contribution in [3.05, 3.63) is 150 Å². The van der Waals surface area contributed by atoms with E-state index >= 15 is 0 Å². The van der Waals surface area contributed by atoms with Crippen LogP contribution in [0.5, 0.6) is 0 Å². The zero-order valence-electron chi connectivity index (χ0n) is 19.6. The fourth-order valence-electron chi connectivity index (χ4n) is 4.89. The minimum atomic E-state index is -0.735. The van der Waals surface area contributed by atoms with Gasteiger partial charge in [-0.05, 0) is 52.1 Å². The number of fused-ring (bicyclic) bond motifs is 2. The van der Waals surface area contributed by atoms with Crippen molar-refractivity contribution in [2.45, 2.75) is 12.2 Å². The molecule has 0 radical (unpaired) electrons. The summed E-state index contributed by atoms with van der Waals surface area (Å²) in [5, 5.41) is 24.2. The fourth-order valence-corrected chi connectivity index (χ4v) is 4.89. The lowest BCUT2D eigenvalue weighted by Crippen LogP contribution is -2.01. The largest absolute Gasteiger partial charge is 0.384 e. The highest BCUT2D eigenvalue weighted by Gasteiger charge is 2.18. The van der Waals surface area contributed by atoms with Crippen LogP contribution in [0.4, 0.5) is 0 Å². The van der Waals surface area contributed by atoms with Crippen LogP contribution in [0.15, 0.2) is 127 Å². The molecule has 2 unspecified atom stereocenters. The molecular formula is C33H25NO2. The van der Waals surface area contributed by atoms with Crippen molar-refractivity contribution in [1.29, 1.82) is 0 Å². The van der Waals surface area contributed by atoms with Crippen LogP contribution in [-0.2, 0) is 0 Å². The predicted molar refractivity (Wildman–Crippen MR) is 146 cm³/mol. The van der Waals surface area contributed by atoms with Crippen LogP contribution in [0.1, 0.15) is 34.5 Å². The summed E-state index contributed by atoms with van der Waals surface area (Å²) in [6.45, 7) is 0. The molecule has 0 saturated heterocycles. The highest BCUT2D eigenvalue weighted by atomic mass is 16.3. The van der Waals surface area contributed by atoms with E-state index in [1.54, 1.807) is 0 Å². The Morgan fingerprint density at radius 3 is 1.31 bits per heavy atom. The molecule has 36 heavy (non-hydrogen) atoms. The van der Waals surface area contributed by atoms with Gasteiger partial charge in [0, 0.05) is 16.3 Å². The third-order valence-corrected chi connectivity index (χ3v) is 6.75. The Morgan fingerprint density at radius 2 is 0.861 bits per heavy atom. The first-order valence-electron chi connectivity index (χ1n) is 12.1. The second kappa shape index (κ2) is 9.38. The molecule has 6 aromatic rings. The van der Waals surface area contributed by atoms with Gasteiger partial charge >= 0.3 is 0 Å². The fraction of sp³-hybridized carbons (Fsp3) is 0.0606. The SMILES string of the molecule is OC(c1ccccc1)c1ccc2nc3ccc(C(O)c4ccccc4)cc3c(-c3ccccc3)c2c1. The number of aliphatic hydroxyl groups excluding tert-OH is 2. The van der Waals surface area contributed by atoms with Crippen LogP contribution in [0.25, 0.3) is 32.9 Å². The molecule has 2 atom stereocenters. The van der Waals surface area contributed by atoms with E-state index in [0.29, 0.717) is 0 Å². The van der Waals surface area contributed by atoms with E-state index in [0.717, 1.165) is 55.2 Å². The zero-order chi connectivity index (χ0) is 24.5. The van der Waals surface area contributed by atoms with Gasteiger partial charge in [-0.2, -0.15) is 0 Å². The number of hydrogen-bond donors (Lipinski definition) is 2. The van der Waals surface area contributed by atoms with E-state index in [2.05, 4.69) is 12.1 Å². The van der Waals surface area contributed by atoms with Gasteiger partial charge in [-0.25, -0.2) is 4.98 Å². The molecule has 1 heterocycles. The summed E-state index contributed by atoms with van der Waals surface area (Å²) in [5.41, 5.74) is 7.15. The number of benzene rings is 5. The monoisotopic (exact) mass is 467 g/mol. The van der Waals surface area contributed by atoms with E-state index in [-0.39, 0.29) is 0 Å². The summed E-state index contributed by atoms with van der Waals surface area (Å²) in [7, 11) is 0. The molecule has 0 amide bonds. The maximum absolute atomic E-state index is 11.1. The third-order valence-electron chi connectivity index (χ3n) is 6.75. The summed E-state index contributed by atoms with van der Waals surface area (Å²) in [5.74, 6) is 0. The number of rotatable bonds is 5. The Bertz CT molecular complexity index is 1540. The number of hydrogen-bond acceptors (Lipinski definition) is 3. The molecule has 5 aromatic carbocycles. The van der Waals surface area contributed by atoms with Crippen LogP contribution in [0.2, 0.25) is 0 Å². The number of aromatic nitrogens is 1. The highest BCUT2D eigenvalue weighted by molar-refractivity contribution is 6.09. The molecule has 0 aliphatic heterocycles. The second-order valence-electron chi connectivity index (χ2n) is 9.03. The van der Waals surface area contributed by atoms with Crippen molar-refractivity contribution in [3.63, 3.8) is 0 Å². The van der Waals surface area contributed by atoms with E-state index < -0.39 is 12.2 Å². The van der Waals surface area contributed by atoms with Gasteiger partial charge in [0.15, 0.2) is 0 Å². The number of nitrogens with zero attached hydrogens (tertiary/aromatic N) is 1. The van der Waals surface area contributed by atoms with Gasteiger partial charge in [-0.1, -0.05) is 103 Å². The average Bonchev–Trinajstić information content (AvgIpc) is 2.96. The Balaban J connectivity index is 1.59. The van der Waals surface area contributed by atoms with Crippen LogP contribution >= 0.6 is 0 Å². The van der Waals surface area contributed by atoms with Gasteiger partial charge in [-0.3, -0.25) is 0 Å². The second-order valence-corrected chi connectivity index (χ2v) is 9.03. The average molecular weight is 468 g/mol. The van der Waals surface area contributed by atoms with Gasteiger partial charge in [0.05, 0.1) is 11.0 Å². The summed E-state index contributed by atoms with van der Waals surface area (Å²) in [4.78, 5) is 4.95. The molecule has 6 rings (SSSR count). The van der Waals surface area contributed by atoms with Crippen molar-refractivity contribution in [2.24, 2.45) is 0 Å². The van der Waals surface area contributed by atoms with Crippen molar-refractivity contribution >= 4 is 21.8 Å². The summed E-state index contributed by atoms with van der Waals surface area (Å²) in [6.07, 6.45) is -1.47. The minimum absolute atomic E-state index is 0.735. The quantitative estimate of drug-likeness (QED) is 0.263. The molecule has 1 aromatic heterocycles. The van der Waals surface area contributed by atoms with Gasteiger partial charge in [0.1, 0.15) is 12.2 Å². The lowest BCUT2D eigenvalue weighted by molar-refractivity contribution is 0.220. The Labute approximate surface area is 210 Å². The van der Waals surface area contributed by atoms with Crippen LogP contribution in [0.3, 0.4) is 0 Å². The van der Waals surface area contributed by atoms with Gasteiger partial charge < -0.3 is 10.2 Å². The molecule has 0 aliphatic carbocycles. The van der Waals surface area contributed by atoms with Gasteiger partial charge in [-0.15, -0.1) is 0 Å². The highest BCUT2D eigenvalue weighted by Crippen LogP contribution is 2.38. The lowest BCUT2D eigenvalue weighted by atomic mass is 9.91. The van der Waals surface area contributed by atoms with Crippen molar-refractivity contribution < 1.29 is 10.2 Å². The third kappa shape index (κ3) is 4.05. The Morgan fingerprint density at radius 1 is 0.444 bits per heavy atom. The molecule has 174 valence electrons. The maximum atomic E-state index is 11.1. The number of aliphatic hydroxyl groups is 2. The van der Waals surface area contributed by atoms with Crippen molar-refractivity contribution in [2.75, 3.05) is 0 Å². The van der Waals surface area contributed by atoms with Gasteiger partial charge in [0.2, 0.25) is 0 Å². The van der Waals surface area contributed by atoms with Crippen molar-refractivity contribution in [1.82, 2.24) is 4.98 Å². The van der Waals surface area contributed by atoms with E-state index in [1.165, 1.54) is 0 Å². The minimum Gasteiger partial charge on any atom is -0.384 e. The van der Waals surface area contributed by atoms with Crippen LogP contribution in [0, 0.1) is 0 Å². The zero-order valence-corrected chi connectivity index (χ0v) is 19.6. The first kappa shape index (κ1) is 22.2. The van der Waals surface area contributed by atoms with Crippen LogP contribution in [-0.4, -0.2) is 15.2 Å². The molecule has 0 fully saturated rings. The van der Waals surface area contributed by atoms with Gasteiger partial charge in [0.25, 0.3) is 0 Å². The Kier molecular flexibility index (Phi) is 5.78. The lowest BCUT2D eigenvalue weighted by Gasteiger charge is -2.17. The Hall–Kier alpha value is -4.31. The predicted octanol–water partition coefficient (Wildman–Crippen LogP) is 7.22. The molecular weight excluding hydrogens is 442 g/mol. The molecule has 3 heteroatoms. The summed E-state index contributed by atoms with van der Waals surface area (Å²) in [6, 6.07) is 41.5. The molecule has 3 nitrogen and oxygen atoms in total. The molecule has 0 saturated carbocycles. The first-order chi connectivity index (χ1) is 17.7. The smallest absolute Gasteiger partial charge is 0.104 e.